The Morgan fingerprint density at radius 2 is 2.20 bits per heavy atom. The molecule has 3 heterocycles. The van der Waals surface area contributed by atoms with E-state index in [1.807, 2.05) is 24.6 Å². The standard InChI is InChI=1S/C14H17N3O2S/c1-16-9-11(13(15-16)12-3-2-8-20-12)14(19)17-6-4-10(18)5-7-17/h2-3,8-10,18H,4-7H2,1H3. The van der Waals surface area contributed by atoms with Crippen LogP contribution in [-0.2, 0) is 7.05 Å². The zero-order valence-electron chi connectivity index (χ0n) is 11.3. The van der Waals surface area contributed by atoms with Crippen LogP contribution in [0.1, 0.15) is 23.2 Å². The summed E-state index contributed by atoms with van der Waals surface area (Å²) in [6, 6.07) is 3.93. The number of hydrogen-bond donors (Lipinski definition) is 1. The van der Waals surface area contributed by atoms with Crippen LogP contribution in [0.4, 0.5) is 0 Å². The summed E-state index contributed by atoms with van der Waals surface area (Å²) in [6.45, 7) is 1.22. The number of aliphatic hydroxyl groups excluding tert-OH is 1. The number of thiophene rings is 1. The molecule has 2 aromatic rings. The average molecular weight is 291 g/mol. The van der Waals surface area contributed by atoms with Crippen LogP contribution >= 0.6 is 11.3 Å². The minimum absolute atomic E-state index is 0.00778. The smallest absolute Gasteiger partial charge is 0.257 e. The average Bonchev–Trinajstić information content (AvgIpc) is 3.07. The van der Waals surface area contributed by atoms with E-state index in [2.05, 4.69) is 5.10 Å². The second-order valence-electron chi connectivity index (χ2n) is 5.07. The Bertz CT molecular complexity index is 598. The van der Waals surface area contributed by atoms with Crippen molar-refractivity contribution < 1.29 is 9.90 Å². The number of rotatable bonds is 2. The summed E-state index contributed by atoms with van der Waals surface area (Å²) in [4.78, 5) is 15.4. The molecule has 1 N–H and O–H groups in total. The lowest BCUT2D eigenvalue weighted by atomic mass is 10.1. The Kier molecular flexibility index (Phi) is 3.58. The number of likely N-dealkylation sites (tertiary alicyclic amines) is 1. The van der Waals surface area contributed by atoms with Crippen molar-refractivity contribution in [2.45, 2.75) is 18.9 Å². The van der Waals surface area contributed by atoms with Crippen molar-refractivity contribution in [3.8, 4) is 10.6 Å². The van der Waals surface area contributed by atoms with Crippen LogP contribution in [0.3, 0.4) is 0 Å². The fourth-order valence-corrected chi connectivity index (χ4v) is 3.20. The van der Waals surface area contributed by atoms with Crippen LogP contribution in [0.2, 0.25) is 0 Å². The fraction of sp³-hybridized carbons (Fsp3) is 0.429. The van der Waals surface area contributed by atoms with Crippen molar-refractivity contribution in [1.82, 2.24) is 14.7 Å². The predicted octanol–water partition coefficient (Wildman–Crippen LogP) is 1.75. The molecule has 2 aromatic heterocycles. The van der Waals surface area contributed by atoms with Crippen molar-refractivity contribution in [2.75, 3.05) is 13.1 Å². The molecular formula is C14H17N3O2S. The van der Waals surface area contributed by atoms with Gasteiger partial charge in [0.2, 0.25) is 0 Å². The van der Waals surface area contributed by atoms with E-state index in [0.29, 0.717) is 31.5 Å². The van der Waals surface area contributed by atoms with Gasteiger partial charge in [0, 0.05) is 26.3 Å². The highest BCUT2D eigenvalue weighted by Gasteiger charge is 2.26. The van der Waals surface area contributed by atoms with Crippen LogP contribution in [0.25, 0.3) is 10.6 Å². The number of carbonyl (C=O) groups excluding carboxylic acids is 1. The van der Waals surface area contributed by atoms with Gasteiger partial charge in [-0.3, -0.25) is 9.48 Å². The maximum absolute atomic E-state index is 12.6. The summed E-state index contributed by atoms with van der Waals surface area (Å²) in [5.74, 6) is 0.00778. The monoisotopic (exact) mass is 291 g/mol. The topological polar surface area (TPSA) is 58.4 Å². The van der Waals surface area contributed by atoms with E-state index in [9.17, 15) is 9.90 Å². The lowest BCUT2D eigenvalue weighted by Crippen LogP contribution is -2.40. The number of aryl methyl sites for hydroxylation is 1. The summed E-state index contributed by atoms with van der Waals surface area (Å²) >= 11 is 1.58. The molecule has 6 heteroatoms. The molecule has 1 aliphatic heterocycles. The Morgan fingerprint density at radius 1 is 1.45 bits per heavy atom. The van der Waals surface area contributed by atoms with Crippen LogP contribution in [0, 0.1) is 0 Å². The molecule has 0 saturated carbocycles. The van der Waals surface area contributed by atoms with Gasteiger partial charge in [-0.05, 0) is 24.3 Å². The number of aliphatic hydroxyl groups is 1. The summed E-state index contributed by atoms with van der Waals surface area (Å²) in [5, 5.41) is 15.9. The van der Waals surface area contributed by atoms with Gasteiger partial charge in [-0.2, -0.15) is 5.10 Å². The molecule has 0 bridgehead atoms. The third-order valence-corrected chi connectivity index (χ3v) is 4.44. The number of carbonyl (C=O) groups is 1. The molecule has 0 aromatic carbocycles. The van der Waals surface area contributed by atoms with Gasteiger partial charge in [-0.1, -0.05) is 6.07 Å². The maximum Gasteiger partial charge on any atom is 0.257 e. The lowest BCUT2D eigenvalue weighted by Gasteiger charge is -2.29. The fourth-order valence-electron chi connectivity index (χ4n) is 2.48. The van der Waals surface area contributed by atoms with Gasteiger partial charge < -0.3 is 10.0 Å². The number of hydrogen-bond acceptors (Lipinski definition) is 4. The van der Waals surface area contributed by atoms with E-state index in [-0.39, 0.29) is 12.0 Å². The van der Waals surface area contributed by atoms with E-state index >= 15 is 0 Å². The zero-order valence-corrected chi connectivity index (χ0v) is 12.1. The zero-order chi connectivity index (χ0) is 14.1. The number of nitrogens with zero attached hydrogens (tertiary/aromatic N) is 3. The Labute approximate surface area is 121 Å². The summed E-state index contributed by atoms with van der Waals surface area (Å²) < 4.78 is 1.68. The third-order valence-electron chi connectivity index (χ3n) is 3.57. The highest BCUT2D eigenvalue weighted by molar-refractivity contribution is 7.13. The third kappa shape index (κ3) is 2.48. The van der Waals surface area contributed by atoms with Crippen molar-refractivity contribution in [3.05, 3.63) is 29.3 Å². The van der Waals surface area contributed by atoms with Crippen LogP contribution < -0.4 is 0 Å². The molecule has 1 aliphatic rings. The first-order chi connectivity index (χ1) is 9.65. The molecule has 0 spiro atoms. The lowest BCUT2D eigenvalue weighted by molar-refractivity contribution is 0.0547. The Morgan fingerprint density at radius 3 is 2.85 bits per heavy atom. The summed E-state index contributed by atoms with van der Waals surface area (Å²) in [7, 11) is 1.83. The van der Waals surface area contributed by atoms with E-state index in [4.69, 9.17) is 0 Å². The Hall–Kier alpha value is -1.66. The van der Waals surface area contributed by atoms with Gasteiger partial charge in [0.25, 0.3) is 5.91 Å². The quantitative estimate of drug-likeness (QED) is 0.917. The van der Waals surface area contributed by atoms with Crippen LogP contribution in [0.15, 0.2) is 23.7 Å². The van der Waals surface area contributed by atoms with Crippen molar-refractivity contribution in [1.29, 1.82) is 0 Å². The highest BCUT2D eigenvalue weighted by atomic mass is 32.1. The predicted molar refractivity (Wildman–Crippen MR) is 77.7 cm³/mol. The largest absolute Gasteiger partial charge is 0.393 e. The van der Waals surface area contributed by atoms with Crippen LogP contribution in [0.5, 0.6) is 0 Å². The molecule has 1 saturated heterocycles. The van der Waals surface area contributed by atoms with Gasteiger partial charge in [-0.15, -0.1) is 11.3 Å². The van der Waals surface area contributed by atoms with Crippen molar-refractivity contribution in [3.63, 3.8) is 0 Å². The molecule has 1 amide bonds. The van der Waals surface area contributed by atoms with E-state index < -0.39 is 0 Å². The second-order valence-corrected chi connectivity index (χ2v) is 6.01. The first-order valence-electron chi connectivity index (χ1n) is 6.70. The molecular weight excluding hydrogens is 274 g/mol. The molecule has 0 unspecified atom stereocenters. The first-order valence-corrected chi connectivity index (χ1v) is 7.58. The summed E-state index contributed by atoms with van der Waals surface area (Å²) in [5.41, 5.74) is 1.39. The van der Waals surface area contributed by atoms with E-state index in [1.165, 1.54) is 0 Å². The molecule has 5 nitrogen and oxygen atoms in total. The van der Waals surface area contributed by atoms with Gasteiger partial charge in [0.1, 0.15) is 5.69 Å². The van der Waals surface area contributed by atoms with E-state index in [0.717, 1.165) is 10.6 Å². The second kappa shape index (κ2) is 5.38. The Balaban J connectivity index is 1.88. The van der Waals surface area contributed by atoms with Crippen molar-refractivity contribution in [2.24, 2.45) is 7.05 Å². The molecule has 20 heavy (non-hydrogen) atoms. The highest BCUT2D eigenvalue weighted by Crippen LogP contribution is 2.28. The molecule has 0 aliphatic carbocycles. The minimum atomic E-state index is -0.273. The van der Waals surface area contributed by atoms with Gasteiger partial charge in [0.15, 0.2) is 0 Å². The SMILES string of the molecule is Cn1cc(C(=O)N2CCC(O)CC2)c(-c2cccs2)n1. The van der Waals surface area contributed by atoms with Crippen molar-refractivity contribution >= 4 is 17.2 Å². The van der Waals surface area contributed by atoms with E-state index in [1.54, 1.807) is 27.1 Å². The molecule has 3 rings (SSSR count). The van der Waals surface area contributed by atoms with Gasteiger partial charge in [0.05, 0.1) is 16.5 Å². The summed E-state index contributed by atoms with van der Waals surface area (Å²) in [6.07, 6.45) is 2.81. The molecule has 0 radical (unpaired) electrons. The van der Waals surface area contributed by atoms with Gasteiger partial charge >= 0.3 is 0 Å². The molecule has 1 fully saturated rings. The molecule has 106 valence electrons. The first kappa shape index (κ1) is 13.3. The normalized spacial score (nSPS) is 16.6. The minimum Gasteiger partial charge on any atom is -0.393 e. The number of piperidine rings is 1. The molecule has 0 atom stereocenters. The maximum atomic E-state index is 12.6. The van der Waals surface area contributed by atoms with Gasteiger partial charge in [-0.25, -0.2) is 0 Å². The van der Waals surface area contributed by atoms with Crippen LogP contribution in [-0.4, -0.2) is 44.9 Å². The number of amides is 1. The number of aromatic nitrogens is 2.